The molecular formula is C10H7F2. The van der Waals surface area contributed by atoms with Gasteiger partial charge in [-0.15, -0.1) is 0 Å². The highest BCUT2D eigenvalue weighted by Gasteiger charge is 2.13. The molecule has 0 spiro atoms. The van der Waals surface area contributed by atoms with Gasteiger partial charge in [0, 0.05) is 12.8 Å². The second-order valence-electron chi connectivity index (χ2n) is 2.77. The first-order valence-electron chi connectivity index (χ1n) is 3.74. The fourth-order valence-corrected chi connectivity index (χ4v) is 1.34. The van der Waals surface area contributed by atoms with Crippen LogP contribution in [0.3, 0.4) is 0 Å². The van der Waals surface area contributed by atoms with E-state index in [4.69, 9.17) is 0 Å². The van der Waals surface area contributed by atoms with Gasteiger partial charge in [0.15, 0.2) is 0 Å². The van der Waals surface area contributed by atoms with Crippen LogP contribution in [0.2, 0.25) is 0 Å². The third-order valence-electron chi connectivity index (χ3n) is 1.93. The molecule has 2 rings (SSSR count). The number of halogens is 2. The average Bonchev–Trinajstić information content (AvgIpc) is 2.04. The third kappa shape index (κ3) is 1.13. The van der Waals surface area contributed by atoms with Crippen LogP contribution in [0, 0.1) is 12.2 Å². The highest BCUT2D eigenvalue weighted by atomic mass is 19.1. The second kappa shape index (κ2) is 2.70. The molecule has 0 heterocycles. The zero-order valence-electron chi connectivity index (χ0n) is 6.35. The van der Waals surface area contributed by atoms with Crippen LogP contribution >= 0.6 is 0 Å². The van der Waals surface area contributed by atoms with Gasteiger partial charge in [0.1, 0.15) is 11.6 Å². The van der Waals surface area contributed by atoms with E-state index < -0.39 is 0 Å². The van der Waals surface area contributed by atoms with Crippen molar-refractivity contribution in [3.63, 3.8) is 0 Å². The minimum absolute atomic E-state index is 0.212. The van der Waals surface area contributed by atoms with Gasteiger partial charge in [-0.05, 0) is 23.3 Å². The topological polar surface area (TPSA) is 0 Å². The monoisotopic (exact) mass is 165 g/mol. The molecule has 61 valence electrons. The predicted octanol–water partition coefficient (Wildman–Crippen LogP) is 2.79. The summed E-state index contributed by atoms with van der Waals surface area (Å²) < 4.78 is 25.7. The normalized spacial score (nSPS) is 15.3. The lowest BCUT2D eigenvalue weighted by atomic mass is 9.96. The lowest BCUT2D eigenvalue weighted by molar-refractivity contribution is 0.591. The quantitative estimate of drug-likeness (QED) is 0.554. The first-order chi connectivity index (χ1) is 5.77. The Bertz CT molecular complexity index is 340. The molecule has 0 atom stereocenters. The molecule has 2 heteroatoms. The predicted molar refractivity (Wildman–Crippen MR) is 42.7 cm³/mol. The number of hydrogen-bond donors (Lipinski definition) is 0. The van der Waals surface area contributed by atoms with E-state index in [9.17, 15) is 8.78 Å². The molecule has 0 saturated carbocycles. The lowest BCUT2D eigenvalue weighted by Gasteiger charge is -2.11. The van der Waals surface area contributed by atoms with E-state index in [0.717, 1.165) is 5.56 Å². The fourth-order valence-electron chi connectivity index (χ4n) is 1.34. The summed E-state index contributed by atoms with van der Waals surface area (Å²) in [5.41, 5.74) is 1.23. The number of rotatable bonds is 0. The highest BCUT2D eigenvalue weighted by Crippen LogP contribution is 2.24. The van der Waals surface area contributed by atoms with E-state index in [1.165, 1.54) is 18.6 Å². The van der Waals surface area contributed by atoms with Crippen molar-refractivity contribution in [2.45, 2.75) is 6.42 Å². The summed E-state index contributed by atoms with van der Waals surface area (Å²) in [6.45, 7) is 0. The van der Waals surface area contributed by atoms with E-state index in [1.807, 2.05) is 0 Å². The SMILES string of the molecule is FC1=C[CH]c2c(F)cccc2C1. The maximum Gasteiger partial charge on any atom is 0.127 e. The molecule has 1 aromatic carbocycles. The van der Waals surface area contributed by atoms with Crippen LogP contribution in [0.1, 0.15) is 11.1 Å². The van der Waals surface area contributed by atoms with Crippen LogP contribution in [-0.4, -0.2) is 0 Å². The van der Waals surface area contributed by atoms with Gasteiger partial charge in [-0.25, -0.2) is 8.78 Å². The van der Waals surface area contributed by atoms with Crippen molar-refractivity contribution < 1.29 is 8.78 Å². The molecule has 12 heavy (non-hydrogen) atoms. The molecule has 1 aliphatic carbocycles. The molecule has 0 saturated heterocycles. The number of allylic oxidation sites excluding steroid dienone is 2. The molecule has 0 nitrogen and oxygen atoms in total. The van der Waals surface area contributed by atoms with Gasteiger partial charge in [-0.1, -0.05) is 12.1 Å². The van der Waals surface area contributed by atoms with Crippen LogP contribution in [0.15, 0.2) is 30.1 Å². The van der Waals surface area contributed by atoms with Crippen molar-refractivity contribution >= 4 is 0 Å². The zero-order chi connectivity index (χ0) is 8.55. The van der Waals surface area contributed by atoms with E-state index in [-0.39, 0.29) is 18.1 Å². The van der Waals surface area contributed by atoms with Crippen LogP contribution in [0.4, 0.5) is 8.78 Å². The van der Waals surface area contributed by atoms with Crippen molar-refractivity contribution in [3.05, 3.63) is 53.5 Å². The van der Waals surface area contributed by atoms with Crippen molar-refractivity contribution in [2.24, 2.45) is 0 Å². The largest absolute Gasteiger partial charge is 0.212 e. The Balaban J connectivity index is 2.49. The Labute approximate surface area is 69.5 Å². The van der Waals surface area contributed by atoms with Crippen molar-refractivity contribution in [1.82, 2.24) is 0 Å². The first-order valence-corrected chi connectivity index (χ1v) is 3.74. The summed E-state index contributed by atoms with van der Waals surface area (Å²) in [4.78, 5) is 0. The lowest BCUT2D eigenvalue weighted by Crippen LogP contribution is -2.01. The molecular weight excluding hydrogens is 158 g/mol. The molecule has 1 radical (unpaired) electrons. The maximum atomic E-state index is 13.0. The molecule has 1 aromatic rings. The van der Waals surface area contributed by atoms with Gasteiger partial charge in [0.25, 0.3) is 0 Å². The molecule has 1 aliphatic rings. The molecule has 0 aromatic heterocycles. The minimum Gasteiger partial charge on any atom is -0.212 e. The number of hydrogen-bond acceptors (Lipinski definition) is 0. The Kier molecular flexibility index (Phi) is 1.68. The van der Waals surface area contributed by atoms with E-state index >= 15 is 0 Å². The summed E-state index contributed by atoms with van der Waals surface area (Å²) in [6, 6.07) is 4.72. The molecule has 0 bridgehead atoms. The van der Waals surface area contributed by atoms with Crippen LogP contribution in [-0.2, 0) is 6.42 Å². The van der Waals surface area contributed by atoms with Gasteiger partial charge >= 0.3 is 0 Å². The van der Waals surface area contributed by atoms with Gasteiger partial charge < -0.3 is 0 Å². The van der Waals surface area contributed by atoms with Gasteiger partial charge in [0.2, 0.25) is 0 Å². The van der Waals surface area contributed by atoms with Crippen LogP contribution < -0.4 is 0 Å². The van der Waals surface area contributed by atoms with E-state index in [2.05, 4.69) is 0 Å². The molecule has 0 fully saturated rings. The minimum atomic E-state index is -0.281. The van der Waals surface area contributed by atoms with Gasteiger partial charge in [-0.3, -0.25) is 0 Å². The summed E-state index contributed by atoms with van der Waals surface area (Å²) in [5, 5.41) is 0. The van der Waals surface area contributed by atoms with Crippen molar-refractivity contribution in [3.8, 4) is 0 Å². The third-order valence-corrected chi connectivity index (χ3v) is 1.93. The first kappa shape index (κ1) is 7.47. The summed E-state index contributed by atoms with van der Waals surface area (Å²) in [5.74, 6) is -0.496. The maximum absolute atomic E-state index is 13.0. The Morgan fingerprint density at radius 2 is 2.00 bits per heavy atom. The Morgan fingerprint density at radius 3 is 2.83 bits per heavy atom. The van der Waals surface area contributed by atoms with Crippen LogP contribution in [0.25, 0.3) is 0 Å². The summed E-state index contributed by atoms with van der Waals surface area (Å²) in [7, 11) is 0. The van der Waals surface area contributed by atoms with E-state index in [0.29, 0.717) is 5.56 Å². The fraction of sp³-hybridized carbons (Fsp3) is 0.100. The highest BCUT2D eigenvalue weighted by molar-refractivity contribution is 5.43. The van der Waals surface area contributed by atoms with Crippen molar-refractivity contribution in [1.29, 1.82) is 0 Å². The summed E-state index contributed by atoms with van der Waals surface area (Å²) in [6.07, 6.45) is 3.00. The average molecular weight is 165 g/mol. The van der Waals surface area contributed by atoms with Crippen molar-refractivity contribution in [2.75, 3.05) is 0 Å². The molecule has 0 unspecified atom stereocenters. The zero-order valence-corrected chi connectivity index (χ0v) is 6.35. The number of fused-ring (bicyclic) bond motifs is 1. The van der Waals surface area contributed by atoms with E-state index in [1.54, 1.807) is 12.1 Å². The van der Waals surface area contributed by atoms with Gasteiger partial charge in [0.05, 0.1) is 0 Å². The van der Waals surface area contributed by atoms with Gasteiger partial charge in [-0.2, -0.15) is 0 Å². The number of benzene rings is 1. The molecule has 0 N–H and O–H groups in total. The van der Waals surface area contributed by atoms with Crippen LogP contribution in [0.5, 0.6) is 0 Å². The molecule has 0 aliphatic heterocycles. The smallest absolute Gasteiger partial charge is 0.127 e. The second-order valence-corrected chi connectivity index (χ2v) is 2.77. The molecule has 0 amide bonds. The standard InChI is InChI=1S/C10H7F2/c11-8-4-5-9-7(6-8)2-1-3-10(9)12/h1-5H,6H2. The Morgan fingerprint density at radius 1 is 1.17 bits per heavy atom. The Hall–Kier alpha value is -1.18. The summed E-state index contributed by atoms with van der Waals surface area (Å²) >= 11 is 0.